The molecule has 1 unspecified atom stereocenters. The van der Waals surface area contributed by atoms with E-state index >= 15 is 0 Å². The number of rotatable bonds is 9. The Balaban J connectivity index is 3.66. The van der Waals surface area contributed by atoms with E-state index in [1.54, 1.807) is 0 Å². The van der Waals surface area contributed by atoms with Gasteiger partial charge in [-0.15, -0.1) is 0 Å². The molecule has 0 bridgehead atoms. The molecule has 96 valence electrons. The maximum atomic E-state index is 11.5. The Morgan fingerprint density at radius 1 is 1.44 bits per heavy atom. The summed E-state index contributed by atoms with van der Waals surface area (Å²) in [6, 6.07) is -0.391. The lowest BCUT2D eigenvalue weighted by atomic mass is 10.2. The van der Waals surface area contributed by atoms with Gasteiger partial charge in [-0.2, -0.15) is 0 Å². The molecular weight excluding hydrogens is 206 g/mol. The molecule has 0 aromatic heterocycles. The fourth-order valence-electron chi connectivity index (χ4n) is 1.48. The van der Waals surface area contributed by atoms with Crippen LogP contribution in [-0.4, -0.2) is 54.7 Å². The number of hydrogen-bond acceptors (Lipinski definition) is 4. The Bertz CT molecular complexity index is 188. The highest BCUT2D eigenvalue weighted by molar-refractivity contribution is 5.81. The van der Waals surface area contributed by atoms with Crippen LogP contribution < -0.4 is 11.1 Å². The third-order valence-electron chi connectivity index (χ3n) is 2.53. The minimum Gasteiger partial charge on any atom is -0.395 e. The van der Waals surface area contributed by atoms with E-state index in [1.807, 2.05) is 13.8 Å². The fourth-order valence-corrected chi connectivity index (χ4v) is 1.48. The van der Waals surface area contributed by atoms with E-state index in [-0.39, 0.29) is 12.5 Å². The number of nitrogens with one attached hydrogen (secondary N) is 1. The molecule has 1 amide bonds. The molecule has 5 nitrogen and oxygen atoms in total. The monoisotopic (exact) mass is 231 g/mol. The minimum absolute atomic E-state index is 0.0816. The first-order chi connectivity index (χ1) is 7.65. The molecule has 0 rings (SSSR count). The van der Waals surface area contributed by atoms with Gasteiger partial charge in [0.2, 0.25) is 5.91 Å². The third kappa shape index (κ3) is 6.76. The summed E-state index contributed by atoms with van der Waals surface area (Å²) in [7, 11) is 0. The number of hydrogen-bond donors (Lipinski definition) is 3. The van der Waals surface area contributed by atoms with Crippen molar-refractivity contribution in [2.75, 3.05) is 32.8 Å². The predicted molar refractivity (Wildman–Crippen MR) is 65.1 cm³/mol. The number of nitrogens with zero attached hydrogens (tertiary/aromatic N) is 1. The van der Waals surface area contributed by atoms with Gasteiger partial charge in [-0.3, -0.25) is 9.69 Å². The number of likely N-dealkylation sites (N-methyl/N-ethyl adjacent to an activating group) is 1. The zero-order chi connectivity index (χ0) is 12.4. The van der Waals surface area contributed by atoms with Gasteiger partial charge in [0, 0.05) is 19.6 Å². The van der Waals surface area contributed by atoms with Crippen LogP contribution in [0.3, 0.4) is 0 Å². The zero-order valence-corrected chi connectivity index (χ0v) is 10.4. The van der Waals surface area contributed by atoms with Crippen molar-refractivity contribution in [3.8, 4) is 0 Å². The second-order valence-electron chi connectivity index (χ2n) is 3.84. The van der Waals surface area contributed by atoms with Crippen LogP contribution in [0.25, 0.3) is 0 Å². The normalized spacial score (nSPS) is 12.8. The molecule has 0 radical (unpaired) electrons. The largest absolute Gasteiger partial charge is 0.395 e. The van der Waals surface area contributed by atoms with Crippen molar-refractivity contribution in [3.05, 3.63) is 0 Å². The average Bonchev–Trinajstić information content (AvgIpc) is 2.28. The van der Waals surface area contributed by atoms with E-state index in [2.05, 4.69) is 10.2 Å². The van der Waals surface area contributed by atoms with Gasteiger partial charge in [0.25, 0.3) is 0 Å². The SMILES string of the molecule is CCCC(N)C(=O)NCCN(CC)CCO. The van der Waals surface area contributed by atoms with Crippen molar-refractivity contribution in [2.24, 2.45) is 5.73 Å². The van der Waals surface area contributed by atoms with E-state index in [9.17, 15) is 4.79 Å². The van der Waals surface area contributed by atoms with Crippen molar-refractivity contribution in [2.45, 2.75) is 32.7 Å². The molecular formula is C11H25N3O2. The summed E-state index contributed by atoms with van der Waals surface area (Å²) in [5, 5.41) is 11.6. The lowest BCUT2D eigenvalue weighted by Gasteiger charge is -2.19. The Morgan fingerprint density at radius 2 is 2.12 bits per heavy atom. The van der Waals surface area contributed by atoms with Crippen molar-refractivity contribution in [3.63, 3.8) is 0 Å². The van der Waals surface area contributed by atoms with Crippen molar-refractivity contribution in [1.82, 2.24) is 10.2 Å². The maximum Gasteiger partial charge on any atom is 0.236 e. The van der Waals surface area contributed by atoms with Crippen LogP contribution in [0, 0.1) is 0 Å². The topological polar surface area (TPSA) is 78.6 Å². The van der Waals surface area contributed by atoms with E-state index < -0.39 is 6.04 Å². The van der Waals surface area contributed by atoms with Gasteiger partial charge in [-0.05, 0) is 13.0 Å². The number of carbonyl (C=O) groups excluding carboxylic acids is 1. The highest BCUT2D eigenvalue weighted by Crippen LogP contribution is 1.92. The van der Waals surface area contributed by atoms with Crippen LogP contribution in [0.4, 0.5) is 0 Å². The van der Waals surface area contributed by atoms with Crippen LogP contribution in [-0.2, 0) is 4.79 Å². The lowest BCUT2D eigenvalue weighted by molar-refractivity contribution is -0.122. The molecule has 0 aliphatic heterocycles. The highest BCUT2D eigenvalue weighted by Gasteiger charge is 2.11. The molecule has 1 atom stereocenters. The third-order valence-corrected chi connectivity index (χ3v) is 2.53. The smallest absolute Gasteiger partial charge is 0.236 e. The van der Waals surface area contributed by atoms with Crippen molar-refractivity contribution in [1.29, 1.82) is 0 Å². The molecule has 0 aliphatic carbocycles. The Labute approximate surface area is 98.0 Å². The first kappa shape index (κ1) is 15.3. The van der Waals surface area contributed by atoms with Crippen LogP contribution in [0.15, 0.2) is 0 Å². The first-order valence-corrected chi connectivity index (χ1v) is 6.02. The molecule has 0 fully saturated rings. The molecule has 5 heteroatoms. The molecule has 0 aliphatic rings. The number of amides is 1. The standard InChI is InChI=1S/C11H25N3O2/c1-3-5-10(12)11(16)13-6-7-14(4-2)8-9-15/h10,15H,3-9,12H2,1-2H3,(H,13,16). The second kappa shape index (κ2) is 9.57. The van der Waals surface area contributed by atoms with Gasteiger partial charge in [0.05, 0.1) is 12.6 Å². The summed E-state index contributed by atoms with van der Waals surface area (Å²) in [6.07, 6.45) is 1.64. The van der Waals surface area contributed by atoms with E-state index in [4.69, 9.17) is 10.8 Å². The minimum atomic E-state index is -0.391. The van der Waals surface area contributed by atoms with Gasteiger partial charge in [0.15, 0.2) is 0 Å². The average molecular weight is 231 g/mol. The van der Waals surface area contributed by atoms with Gasteiger partial charge in [-0.1, -0.05) is 20.3 Å². The van der Waals surface area contributed by atoms with E-state index in [1.165, 1.54) is 0 Å². The Kier molecular flexibility index (Phi) is 9.18. The van der Waals surface area contributed by atoms with E-state index in [0.29, 0.717) is 13.1 Å². The molecule has 0 heterocycles. The molecule has 0 saturated heterocycles. The molecule has 0 spiro atoms. The second-order valence-corrected chi connectivity index (χ2v) is 3.84. The zero-order valence-electron chi connectivity index (χ0n) is 10.4. The highest BCUT2D eigenvalue weighted by atomic mass is 16.3. The van der Waals surface area contributed by atoms with Gasteiger partial charge < -0.3 is 16.2 Å². The number of carbonyl (C=O) groups is 1. The number of aliphatic hydroxyl groups excluding tert-OH is 1. The summed E-state index contributed by atoms with van der Waals surface area (Å²) in [5.41, 5.74) is 5.67. The molecule has 0 aromatic carbocycles. The maximum absolute atomic E-state index is 11.5. The van der Waals surface area contributed by atoms with Crippen LogP contribution in [0.1, 0.15) is 26.7 Å². The van der Waals surface area contributed by atoms with Gasteiger partial charge in [-0.25, -0.2) is 0 Å². The fraction of sp³-hybridized carbons (Fsp3) is 0.909. The molecule has 0 saturated carbocycles. The molecule has 4 N–H and O–H groups in total. The van der Waals surface area contributed by atoms with Crippen molar-refractivity contribution < 1.29 is 9.90 Å². The Hall–Kier alpha value is -0.650. The summed E-state index contributed by atoms with van der Waals surface area (Å²) in [5.74, 6) is -0.0816. The quantitative estimate of drug-likeness (QED) is 0.502. The molecule has 16 heavy (non-hydrogen) atoms. The summed E-state index contributed by atoms with van der Waals surface area (Å²) < 4.78 is 0. The molecule has 0 aromatic rings. The van der Waals surface area contributed by atoms with Crippen molar-refractivity contribution >= 4 is 5.91 Å². The van der Waals surface area contributed by atoms with Gasteiger partial charge >= 0.3 is 0 Å². The van der Waals surface area contributed by atoms with Crippen LogP contribution in [0.5, 0.6) is 0 Å². The first-order valence-electron chi connectivity index (χ1n) is 6.02. The predicted octanol–water partition coefficient (Wildman–Crippen LogP) is -0.456. The van der Waals surface area contributed by atoms with E-state index in [0.717, 1.165) is 25.9 Å². The Morgan fingerprint density at radius 3 is 2.62 bits per heavy atom. The summed E-state index contributed by atoms with van der Waals surface area (Å²) in [6.45, 7) is 7.04. The lowest BCUT2D eigenvalue weighted by Crippen LogP contribution is -2.43. The van der Waals surface area contributed by atoms with Gasteiger partial charge in [0.1, 0.15) is 0 Å². The number of aliphatic hydroxyl groups is 1. The summed E-state index contributed by atoms with van der Waals surface area (Å²) >= 11 is 0. The van der Waals surface area contributed by atoms with Crippen LogP contribution in [0.2, 0.25) is 0 Å². The van der Waals surface area contributed by atoms with Crippen LogP contribution >= 0.6 is 0 Å². The number of nitrogens with two attached hydrogens (primary N) is 1. The summed E-state index contributed by atoms with van der Waals surface area (Å²) in [4.78, 5) is 13.5.